The van der Waals surface area contributed by atoms with Crippen LogP contribution in [0.1, 0.15) is 47.5 Å². The Labute approximate surface area is 176 Å². The van der Waals surface area contributed by atoms with E-state index in [2.05, 4.69) is 36.4 Å². The first kappa shape index (κ1) is 25.9. The molecule has 0 aromatic heterocycles. The molecule has 26 heavy (non-hydrogen) atoms. The highest BCUT2D eigenvalue weighted by Gasteiger charge is 2.27. The van der Waals surface area contributed by atoms with Gasteiger partial charge < -0.3 is 15.4 Å². The largest absolute Gasteiger partial charge is 0.379 e. The van der Waals surface area contributed by atoms with Crippen molar-refractivity contribution in [2.24, 2.45) is 10.4 Å². The van der Waals surface area contributed by atoms with Crippen molar-refractivity contribution in [3.05, 3.63) is 0 Å². The van der Waals surface area contributed by atoms with E-state index < -0.39 is 10.0 Å². The normalized spacial score (nSPS) is 18.9. The molecule has 2 N–H and O–H groups in total. The number of aliphatic imine (C=N–C) groups is 1. The van der Waals surface area contributed by atoms with Crippen LogP contribution >= 0.6 is 24.0 Å². The molecule has 7 nitrogen and oxygen atoms in total. The SMILES string of the molecule is CCNC(=NCC(OC)C(C)(C)C)NC1CCN(S(=O)(=O)CC)CC1.I. The fraction of sp³-hybridized carbons (Fsp3) is 0.941. The topological polar surface area (TPSA) is 83.0 Å². The monoisotopic (exact) mass is 504 g/mol. The molecule has 1 heterocycles. The standard InChI is InChI=1S/C17H36N4O3S.HI/c1-7-18-16(19-13-15(24-6)17(3,4)5)20-14-9-11-21(12-10-14)25(22,23)8-2;/h14-15H,7-13H2,1-6H3,(H2,18,19,20);1H. The summed E-state index contributed by atoms with van der Waals surface area (Å²) in [6, 6.07) is 0.233. The Hall–Kier alpha value is -0.130. The minimum atomic E-state index is -3.08. The third-order valence-electron chi connectivity index (χ3n) is 4.56. The summed E-state index contributed by atoms with van der Waals surface area (Å²) in [7, 11) is -1.36. The second-order valence-electron chi connectivity index (χ2n) is 7.53. The fourth-order valence-electron chi connectivity index (χ4n) is 2.85. The smallest absolute Gasteiger partial charge is 0.213 e. The van der Waals surface area contributed by atoms with Gasteiger partial charge in [-0.2, -0.15) is 0 Å². The molecule has 0 aliphatic carbocycles. The maximum Gasteiger partial charge on any atom is 0.213 e. The number of sulfonamides is 1. The van der Waals surface area contributed by atoms with Gasteiger partial charge in [-0.25, -0.2) is 12.7 Å². The molecule has 1 aliphatic heterocycles. The first-order valence-corrected chi connectivity index (χ1v) is 10.8. The molecule has 0 amide bonds. The maximum absolute atomic E-state index is 11.9. The molecule has 0 saturated carbocycles. The van der Waals surface area contributed by atoms with E-state index in [0.29, 0.717) is 19.6 Å². The molecule has 1 unspecified atom stereocenters. The Morgan fingerprint density at radius 3 is 2.27 bits per heavy atom. The maximum atomic E-state index is 11.9. The van der Waals surface area contributed by atoms with Crippen LogP contribution in [0.5, 0.6) is 0 Å². The highest BCUT2D eigenvalue weighted by Crippen LogP contribution is 2.22. The first-order valence-electron chi connectivity index (χ1n) is 9.19. The molecule has 0 aromatic rings. The van der Waals surface area contributed by atoms with Crippen molar-refractivity contribution in [1.29, 1.82) is 0 Å². The second-order valence-corrected chi connectivity index (χ2v) is 9.79. The number of hydrogen-bond donors (Lipinski definition) is 2. The van der Waals surface area contributed by atoms with Crippen molar-refractivity contribution in [1.82, 2.24) is 14.9 Å². The zero-order chi connectivity index (χ0) is 19.1. The van der Waals surface area contributed by atoms with E-state index in [1.807, 2.05) is 6.92 Å². The average Bonchev–Trinajstić information content (AvgIpc) is 2.54. The van der Waals surface area contributed by atoms with Crippen molar-refractivity contribution in [3.8, 4) is 0 Å². The van der Waals surface area contributed by atoms with Crippen LogP contribution in [0, 0.1) is 5.41 Å². The van der Waals surface area contributed by atoms with Crippen LogP contribution in [0.3, 0.4) is 0 Å². The average molecular weight is 504 g/mol. The van der Waals surface area contributed by atoms with Crippen molar-refractivity contribution < 1.29 is 13.2 Å². The molecule has 9 heteroatoms. The van der Waals surface area contributed by atoms with Crippen molar-refractivity contribution in [3.63, 3.8) is 0 Å². The lowest BCUT2D eigenvalue weighted by Gasteiger charge is -2.32. The molecule has 0 aromatic carbocycles. The number of halogens is 1. The molecule has 0 bridgehead atoms. The zero-order valence-electron chi connectivity index (χ0n) is 17.0. The van der Waals surface area contributed by atoms with Gasteiger partial charge in [-0.1, -0.05) is 20.8 Å². The molecule has 0 spiro atoms. The molecule has 1 rings (SSSR count). The highest BCUT2D eigenvalue weighted by molar-refractivity contribution is 14.0. The van der Waals surface area contributed by atoms with Crippen LogP contribution < -0.4 is 10.6 Å². The Balaban J connectivity index is 0.00000625. The van der Waals surface area contributed by atoms with E-state index in [-0.39, 0.29) is 47.3 Å². The van der Waals surface area contributed by atoms with Gasteiger partial charge in [-0.15, -0.1) is 24.0 Å². The molecule has 1 fully saturated rings. The van der Waals surface area contributed by atoms with E-state index in [1.54, 1.807) is 18.3 Å². The van der Waals surface area contributed by atoms with Crippen LogP contribution in [-0.2, 0) is 14.8 Å². The Morgan fingerprint density at radius 2 is 1.85 bits per heavy atom. The minimum absolute atomic E-state index is 0. The molecule has 1 aliphatic rings. The minimum Gasteiger partial charge on any atom is -0.379 e. The fourth-order valence-corrected chi connectivity index (χ4v) is 3.98. The predicted octanol–water partition coefficient (Wildman–Crippen LogP) is 2.03. The second kappa shape index (κ2) is 11.7. The molecule has 156 valence electrons. The number of methoxy groups -OCH3 is 1. The summed E-state index contributed by atoms with van der Waals surface area (Å²) in [6.07, 6.45) is 1.62. The number of nitrogens with zero attached hydrogens (tertiary/aromatic N) is 2. The zero-order valence-corrected chi connectivity index (χ0v) is 20.2. The summed E-state index contributed by atoms with van der Waals surface area (Å²) in [4.78, 5) is 4.67. The highest BCUT2D eigenvalue weighted by atomic mass is 127. The quantitative estimate of drug-likeness (QED) is 0.315. The van der Waals surface area contributed by atoms with Crippen LogP contribution in [0.15, 0.2) is 4.99 Å². The van der Waals surface area contributed by atoms with Gasteiger partial charge in [-0.05, 0) is 32.1 Å². The molecular formula is C17H37IN4O3S. The van der Waals surface area contributed by atoms with Crippen molar-refractivity contribution in [2.75, 3.05) is 39.0 Å². The third kappa shape index (κ3) is 8.26. The van der Waals surface area contributed by atoms with E-state index >= 15 is 0 Å². The molecule has 1 saturated heterocycles. The van der Waals surface area contributed by atoms with Gasteiger partial charge in [0, 0.05) is 32.8 Å². The van der Waals surface area contributed by atoms with Gasteiger partial charge in [0.05, 0.1) is 18.4 Å². The Kier molecular flexibility index (Phi) is 11.6. The lowest BCUT2D eigenvalue weighted by atomic mass is 9.89. The van der Waals surface area contributed by atoms with Crippen LogP contribution in [0.25, 0.3) is 0 Å². The summed E-state index contributed by atoms with van der Waals surface area (Å²) in [5.41, 5.74) is 0.0232. The summed E-state index contributed by atoms with van der Waals surface area (Å²) in [5.74, 6) is 0.936. The summed E-state index contributed by atoms with van der Waals surface area (Å²) < 4.78 is 31.0. The van der Waals surface area contributed by atoms with Gasteiger partial charge in [0.2, 0.25) is 10.0 Å². The Bertz CT molecular complexity index is 527. The number of nitrogens with one attached hydrogen (secondary N) is 2. The van der Waals surface area contributed by atoms with E-state index in [0.717, 1.165) is 25.3 Å². The van der Waals surface area contributed by atoms with Gasteiger partial charge in [-0.3, -0.25) is 4.99 Å². The number of hydrogen-bond acceptors (Lipinski definition) is 4. The van der Waals surface area contributed by atoms with E-state index in [9.17, 15) is 8.42 Å². The predicted molar refractivity (Wildman–Crippen MR) is 119 cm³/mol. The summed E-state index contributed by atoms with van der Waals surface area (Å²) >= 11 is 0. The van der Waals surface area contributed by atoms with Crippen molar-refractivity contribution in [2.45, 2.75) is 59.6 Å². The Morgan fingerprint density at radius 1 is 1.27 bits per heavy atom. The summed E-state index contributed by atoms with van der Waals surface area (Å²) in [5, 5.41) is 6.70. The van der Waals surface area contributed by atoms with Crippen LogP contribution in [-0.4, -0.2) is 69.9 Å². The summed E-state index contributed by atoms with van der Waals surface area (Å²) in [6.45, 7) is 12.6. The van der Waals surface area contributed by atoms with Gasteiger partial charge in [0.25, 0.3) is 0 Å². The number of guanidine groups is 1. The van der Waals surface area contributed by atoms with Crippen molar-refractivity contribution >= 4 is 40.0 Å². The molecule has 1 atom stereocenters. The number of rotatable bonds is 7. The lowest BCUT2D eigenvalue weighted by Crippen LogP contribution is -2.50. The van der Waals surface area contributed by atoms with E-state index in [1.165, 1.54) is 0 Å². The van der Waals surface area contributed by atoms with Gasteiger partial charge >= 0.3 is 0 Å². The number of ether oxygens (including phenoxy) is 1. The van der Waals surface area contributed by atoms with Crippen LogP contribution in [0.4, 0.5) is 0 Å². The van der Waals surface area contributed by atoms with E-state index in [4.69, 9.17) is 4.74 Å². The lowest BCUT2D eigenvalue weighted by molar-refractivity contribution is 0.0241. The third-order valence-corrected chi connectivity index (χ3v) is 6.44. The van der Waals surface area contributed by atoms with Gasteiger partial charge in [0.1, 0.15) is 0 Å². The molecular weight excluding hydrogens is 467 g/mol. The van der Waals surface area contributed by atoms with Gasteiger partial charge in [0.15, 0.2) is 5.96 Å². The molecule has 0 radical (unpaired) electrons. The van der Waals surface area contributed by atoms with Crippen LogP contribution in [0.2, 0.25) is 0 Å². The first-order chi connectivity index (χ1) is 11.6. The number of piperidine rings is 1.